The van der Waals surface area contributed by atoms with Gasteiger partial charge in [0.25, 0.3) is 5.91 Å². The Hall–Kier alpha value is -3.19. The van der Waals surface area contributed by atoms with Gasteiger partial charge in [-0.3, -0.25) is 4.79 Å². The van der Waals surface area contributed by atoms with Crippen LogP contribution in [0.3, 0.4) is 0 Å². The average molecular weight is 414 g/mol. The van der Waals surface area contributed by atoms with E-state index in [4.69, 9.17) is 11.6 Å². The second-order valence-corrected chi connectivity index (χ2v) is 6.92. The predicted molar refractivity (Wildman–Crippen MR) is 113 cm³/mol. The Balaban J connectivity index is 1.54. The first kappa shape index (κ1) is 20.5. The molecule has 1 amide bonds. The van der Waals surface area contributed by atoms with Crippen molar-refractivity contribution in [3.63, 3.8) is 0 Å². The minimum Gasteiger partial charge on any atom is -0.352 e. The molecule has 0 unspecified atom stereocenters. The van der Waals surface area contributed by atoms with Crippen molar-refractivity contribution in [1.29, 1.82) is 0 Å². The van der Waals surface area contributed by atoms with Crippen LogP contribution < -0.4 is 16.0 Å². The van der Waals surface area contributed by atoms with Gasteiger partial charge in [0.15, 0.2) is 0 Å². The van der Waals surface area contributed by atoms with Crippen molar-refractivity contribution in [1.82, 2.24) is 15.3 Å². The number of aryl methyl sites for hydroxylation is 2. The molecule has 2 aromatic carbocycles. The zero-order valence-electron chi connectivity index (χ0n) is 16.1. The SMILES string of the molecule is Cc1ccc(Nc2cc(C)nc(NCCNC(=O)c3ccc(F)cc3Cl)n2)cc1. The van der Waals surface area contributed by atoms with Gasteiger partial charge in [-0.15, -0.1) is 0 Å². The van der Waals surface area contributed by atoms with Crippen LogP contribution in [0.4, 0.5) is 21.8 Å². The molecule has 1 heterocycles. The molecular weight excluding hydrogens is 393 g/mol. The van der Waals surface area contributed by atoms with Crippen molar-refractivity contribution in [2.75, 3.05) is 23.7 Å². The summed E-state index contributed by atoms with van der Waals surface area (Å²) in [5, 5.41) is 9.13. The van der Waals surface area contributed by atoms with Crippen LogP contribution in [0.2, 0.25) is 5.02 Å². The number of halogens is 2. The first-order valence-electron chi connectivity index (χ1n) is 9.07. The highest BCUT2D eigenvalue weighted by Gasteiger charge is 2.10. The van der Waals surface area contributed by atoms with E-state index in [9.17, 15) is 9.18 Å². The number of hydrogen-bond donors (Lipinski definition) is 3. The zero-order chi connectivity index (χ0) is 20.8. The zero-order valence-corrected chi connectivity index (χ0v) is 16.8. The summed E-state index contributed by atoms with van der Waals surface area (Å²) in [6, 6.07) is 13.5. The molecule has 6 nitrogen and oxygen atoms in total. The summed E-state index contributed by atoms with van der Waals surface area (Å²) in [4.78, 5) is 20.9. The number of benzene rings is 2. The Kier molecular flexibility index (Phi) is 6.61. The number of aromatic nitrogens is 2. The third kappa shape index (κ3) is 5.89. The molecular formula is C21H21ClFN5O. The van der Waals surface area contributed by atoms with Crippen molar-refractivity contribution in [3.05, 3.63) is 76.2 Å². The van der Waals surface area contributed by atoms with Gasteiger partial charge in [-0.2, -0.15) is 4.98 Å². The van der Waals surface area contributed by atoms with Crippen molar-refractivity contribution >= 4 is 35.0 Å². The summed E-state index contributed by atoms with van der Waals surface area (Å²) < 4.78 is 13.1. The van der Waals surface area contributed by atoms with Crippen molar-refractivity contribution in [3.8, 4) is 0 Å². The molecule has 0 saturated carbocycles. The number of amides is 1. The summed E-state index contributed by atoms with van der Waals surface area (Å²) in [5.74, 6) is 0.267. The first-order chi connectivity index (χ1) is 13.9. The van der Waals surface area contributed by atoms with E-state index in [0.29, 0.717) is 24.9 Å². The van der Waals surface area contributed by atoms with E-state index in [1.807, 2.05) is 44.2 Å². The summed E-state index contributed by atoms with van der Waals surface area (Å²) in [6.45, 7) is 4.65. The van der Waals surface area contributed by atoms with Gasteiger partial charge in [-0.05, 0) is 44.2 Å². The van der Waals surface area contributed by atoms with Gasteiger partial charge < -0.3 is 16.0 Å². The molecule has 0 radical (unpaired) electrons. The number of nitrogens with zero attached hydrogens (tertiary/aromatic N) is 2. The Morgan fingerprint density at radius 1 is 1.03 bits per heavy atom. The summed E-state index contributed by atoms with van der Waals surface area (Å²) in [5.41, 5.74) is 3.15. The topological polar surface area (TPSA) is 78.9 Å². The quantitative estimate of drug-likeness (QED) is 0.498. The lowest BCUT2D eigenvalue weighted by molar-refractivity contribution is 0.0955. The van der Waals surface area contributed by atoms with Gasteiger partial charge in [-0.25, -0.2) is 9.37 Å². The summed E-state index contributed by atoms with van der Waals surface area (Å²) in [6.07, 6.45) is 0. The fourth-order valence-corrected chi connectivity index (χ4v) is 2.87. The van der Waals surface area contributed by atoms with Crippen LogP contribution in [0, 0.1) is 19.7 Å². The van der Waals surface area contributed by atoms with Crippen molar-refractivity contribution < 1.29 is 9.18 Å². The van der Waals surface area contributed by atoms with E-state index in [0.717, 1.165) is 17.4 Å². The number of carbonyl (C=O) groups excluding carboxylic acids is 1. The molecule has 0 aliphatic heterocycles. The predicted octanol–water partition coefficient (Wildman–Crippen LogP) is 4.47. The van der Waals surface area contributed by atoms with Crippen LogP contribution in [0.5, 0.6) is 0 Å². The maximum atomic E-state index is 13.1. The van der Waals surface area contributed by atoms with E-state index >= 15 is 0 Å². The van der Waals surface area contributed by atoms with Gasteiger partial charge in [0, 0.05) is 30.5 Å². The maximum Gasteiger partial charge on any atom is 0.252 e. The number of hydrogen-bond acceptors (Lipinski definition) is 5. The van der Waals surface area contributed by atoms with Gasteiger partial charge >= 0.3 is 0 Å². The van der Waals surface area contributed by atoms with Crippen LogP contribution in [0.25, 0.3) is 0 Å². The first-order valence-corrected chi connectivity index (χ1v) is 9.45. The fourth-order valence-electron chi connectivity index (χ4n) is 2.62. The molecule has 0 aliphatic carbocycles. The number of rotatable bonds is 7. The second kappa shape index (κ2) is 9.34. The highest BCUT2D eigenvalue weighted by atomic mass is 35.5. The molecule has 0 saturated heterocycles. The fraction of sp³-hybridized carbons (Fsp3) is 0.190. The van der Waals surface area contributed by atoms with Crippen molar-refractivity contribution in [2.45, 2.75) is 13.8 Å². The lowest BCUT2D eigenvalue weighted by Crippen LogP contribution is -2.29. The molecule has 3 rings (SSSR count). The molecule has 150 valence electrons. The van der Waals surface area contributed by atoms with Crippen LogP contribution >= 0.6 is 11.6 Å². The third-order valence-corrected chi connectivity index (χ3v) is 4.36. The lowest BCUT2D eigenvalue weighted by atomic mass is 10.2. The third-order valence-electron chi connectivity index (χ3n) is 4.05. The smallest absolute Gasteiger partial charge is 0.252 e. The summed E-state index contributed by atoms with van der Waals surface area (Å²) >= 11 is 5.90. The minimum atomic E-state index is -0.486. The number of nitrogens with one attached hydrogen (secondary N) is 3. The molecule has 8 heteroatoms. The molecule has 29 heavy (non-hydrogen) atoms. The molecule has 0 bridgehead atoms. The van der Waals surface area contributed by atoms with E-state index in [-0.39, 0.29) is 16.5 Å². The highest BCUT2D eigenvalue weighted by Crippen LogP contribution is 2.18. The van der Waals surface area contributed by atoms with Crippen LogP contribution in [0.15, 0.2) is 48.5 Å². The van der Waals surface area contributed by atoms with Gasteiger partial charge in [-0.1, -0.05) is 29.3 Å². The van der Waals surface area contributed by atoms with E-state index in [1.54, 1.807) is 0 Å². The van der Waals surface area contributed by atoms with Gasteiger partial charge in [0.1, 0.15) is 11.6 Å². The highest BCUT2D eigenvalue weighted by molar-refractivity contribution is 6.33. The van der Waals surface area contributed by atoms with E-state index in [1.165, 1.54) is 17.7 Å². The van der Waals surface area contributed by atoms with Crippen LogP contribution in [-0.2, 0) is 0 Å². The monoisotopic (exact) mass is 413 g/mol. The van der Waals surface area contributed by atoms with Crippen LogP contribution in [-0.4, -0.2) is 29.0 Å². The Labute approximate surface area is 173 Å². The molecule has 0 fully saturated rings. The van der Waals surface area contributed by atoms with Crippen LogP contribution in [0.1, 0.15) is 21.6 Å². The maximum absolute atomic E-state index is 13.1. The molecule has 1 aromatic heterocycles. The Morgan fingerprint density at radius 2 is 1.79 bits per heavy atom. The second-order valence-electron chi connectivity index (χ2n) is 6.52. The average Bonchev–Trinajstić information content (AvgIpc) is 2.66. The standard InChI is InChI=1S/C21H21ClFN5O/c1-13-3-6-16(7-4-13)27-19-11-14(2)26-21(28-19)25-10-9-24-20(29)17-8-5-15(23)12-18(17)22/h3-8,11-12H,9-10H2,1-2H3,(H,24,29)(H2,25,26,27,28). The number of carbonyl (C=O) groups is 1. The summed E-state index contributed by atoms with van der Waals surface area (Å²) in [7, 11) is 0. The molecule has 0 spiro atoms. The number of anilines is 3. The van der Waals surface area contributed by atoms with Gasteiger partial charge in [0.2, 0.25) is 5.95 Å². The molecule has 3 aromatic rings. The minimum absolute atomic E-state index is 0.0734. The van der Waals surface area contributed by atoms with E-state index in [2.05, 4.69) is 25.9 Å². The molecule has 0 atom stereocenters. The Morgan fingerprint density at radius 3 is 2.52 bits per heavy atom. The largest absolute Gasteiger partial charge is 0.352 e. The van der Waals surface area contributed by atoms with E-state index < -0.39 is 5.82 Å². The Bertz CT molecular complexity index is 1010. The lowest BCUT2D eigenvalue weighted by Gasteiger charge is -2.11. The van der Waals surface area contributed by atoms with Gasteiger partial charge in [0.05, 0.1) is 10.6 Å². The molecule has 0 aliphatic rings. The normalized spacial score (nSPS) is 10.5. The molecule has 3 N–H and O–H groups in total. The van der Waals surface area contributed by atoms with Crippen molar-refractivity contribution in [2.24, 2.45) is 0 Å².